The summed E-state index contributed by atoms with van der Waals surface area (Å²) < 4.78 is 5.25. The first-order valence-corrected chi connectivity index (χ1v) is 8.49. The molecule has 1 aliphatic heterocycles. The fourth-order valence-corrected chi connectivity index (χ4v) is 3.92. The second-order valence-electron chi connectivity index (χ2n) is 7.31. The highest BCUT2D eigenvalue weighted by Gasteiger charge is 2.40. The molecule has 1 fully saturated rings. The van der Waals surface area contributed by atoms with Gasteiger partial charge >= 0.3 is 0 Å². The molecule has 0 amide bonds. The highest BCUT2D eigenvalue weighted by molar-refractivity contribution is 6.31. The first kappa shape index (κ1) is 18.6. The molecule has 1 N–H and O–H groups in total. The summed E-state index contributed by atoms with van der Waals surface area (Å²) >= 11 is 11.9. The van der Waals surface area contributed by atoms with Crippen molar-refractivity contribution in [2.75, 3.05) is 25.2 Å². The van der Waals surface area contributed by atoms with Crippen LogP contribution in [0.4, 0.5) is 5.95 Å². The van der Waals surface area contributed by atoms with Crippen LogP contribution in [0.25, 0.3) is 0 Å². The molecule has 0 spiro atoms. The largest absolute Gasteiger partial charge is 0.383 e. The summed E-state index contributed by atoms with van der Waals surface area (Å²) in [5, 5.41) is 3.90. The molecule has 8 heteroatoms. The molecule has 0 saturated carbocycles. The molecule has 6 nitrogen and oxygen atoms in total. The Kier molecular flexibility index (Phi) is 5.72. The predicted octanol–water partition coefficient (Wildman–Crippen LogP) is 2.94. The van der Waals surface area contributed by atoms with Crippen molar-refractivity contribution in [3.63, 3.8) is 0 Å². The molecule has 0 unspecified atom stereocenters. The first-order chi connectivity index (χ1) is 10.6. The van der Waals surface area contributed by atoms with Crippen LogP contribution >= 0.6 is 23.2 Å². The lowest BCUT2D eigenvalue weighted by Gasteiger charge is -2.49. The quantitative estimate of drug-likeness (QED) is 0.869. The fraction of sp³-hybridized carbons (Fsp3) is 0.800. The van der Waals surface area contributed by atoms with Gasteiger partial charge in [-0.05, 0) is 63.7 Å². The van der Waals surface area contributed by atoms with Gasteiger partial charge in [-0.3, -0.25) is 0 Å². The predicted molar refractivity (Wildman–Crippen MR) is 93.4 cm³/mol. The van der Waals surface area contributed by atoms with Gasteiger partial charge in [0.05, 0.1) is 6.61 Å². The van der Waals surface area contributed by atoms with E-state index in [0.29, 0.717) is 19.1 Å². The summed E-state index contributed by atoms with van der Waals surface area (Å²) in [5.41, 5.74) is 0.0245. The molecule has 0 bridgehead atoms. The van der Waals surface area contributed by atoms with Crippen LogP contribution in [0.3, 0.4) is 0 Å². The third-order valence-corrected chi connectivity index (χ3v) is 4.31. The van der Waals surface area contributed by atoms with Gasteiger partial charge in [0.15, 0.2) is 0 Å². The average molecular weight is 362 g/mol. The summed E-state index contributed by atoms with van der Waals surface area (Å²) in [6.07, 6.45) is 1.92. The van der Waals surface area contributed by atoms with Gasteiger partial charge in [-0.2, -0.15) is 15.0 Å². The number of methoxy groups -OCH3 is 1. The van der Waals surface area contributed by atoms with Gasteiger partial charge in [-0.25, -0.2) is 0 Å². The van der Waals surface area contributed by atoms with Gasteiger partial charge in [0.25, 0.3) is 0 Å². The maximum atomic E-state index is 5.96. The zero-order valence-corrected chi connectivity index (χ0v) is 15.9. The van der Waals surface area contributed by atoms with Crippen LogP contribution in [0.2, 0.25) is 10.6 Å². The summed E-state index contributed by atoms with van der Waals surface area (Å²) in [6.45, 7) is 10.1. The number of hydrogen-bond acceptors (Lipinski definition) is 6. The van der Waals surface area contributed by atoms with Crippen LogP contribution in [-0.4, -0.2) is 52.3 Å². The number of nitrogens with zero attached hydrogens (tertiary/aromatic N) is 4. The molecule has 0 aromatic carbocycles. The summed E-state index contributed by atoms with van der Waals surface area (Å²) in [6, 6.07) is 0.255. The Morgan fingerprint density at radius 3 is 2.09 bits per heavy atom. The second kappa shape index (κ2) is 7.05. The molecule has 0 radical (unpaired) electrons. The Hall–Kier alpha value is -0.690. The number of halogens is 2. The average Bonchev–Trinajstić information content (AvgIpc) is 2.34. The van der Waals surface area contributed by atoms with Gasteiger partial charge in [0.2, 0.25) is 16.5 Å². The van der Waals surface area contributed by atoms with E-state index in [1.807, 2.05) is 0 Å². The van der Waals surface area contributed by atoms with Crippen molar-refractivity contribution in [1.82, 2.24) is 20.3 Å². The second-order valence-corrected chi connectivity index (χ2v) is 7.99. The number of aromatic nitrogens is 3. The minimum atomic E-state index is 0.0123. The maximum Gasteiger partial charge on any atom is 0.231 e. The van der Waals surface area contributed by atoms with Gasteiger partial charge < -0.3 is 15.0 Å². The lowest BCUT2D eigenvalue weighted by Crippen LogP contribution is -2.62. The number of hydrogen-bond donors (Lipinski definition) is 1. The Bertz CT molecular complexity index is 516. The van der Waals surface area contributed by atoms with Crippen molar-refractivity contribution < 1.29 is 4.74 Å². The smallest absolute Gasteiger partial charge is 0.231 e. The van der Waals surface area contributed by atoms with E-state index in [1.165, 1.54) is 0 Å². The van der Waals surface area contributed by atoms with E-state index in [9.17, 15) is 0 Å². The van der Waals surface area contributed by atoms with E-state index in [0.717, 1.165) is 12.8 Å². The molecule has 2 rings (SSSR count). The Labute approximate surface area is 147 Å². The molecule has 1 aromatic rings. The van der Waals surface area contributed by atoms with Crippen LogP contribution in [0.1, 0.15) is 40.5 Å². The van der Waals surface area contributed by atoms with E-state index in [1.54, 1.807) is 7.11 Å². The molecule has 1 aliphatic rings. The number of anilines is 1. The third-order valence-electron chi connectivity index (χ3n) is 3.97. The SMILES string of the molecule is COCCN(c1nc(Cl)nc(Cl)n1)C1CC(C)(C)NC(C)(C)C1. The van der Waals surface area contributed by atoms with Crippen molar-refractivity contribution in [3.05, 3.63) is 10.6 Å². The lowest BCUT2D eigenvalue weighted by atomic mass is 9.79. The van der Waals surface area contributed by atoms with Crippen molar-refractivity contribution >= 4 is 29.2 Å². The minimum Gasteiger partial charge on any atom is -0.383 e. The normalized spacial score (nSPS) is 20.5. The van der Waals surface area contributed by atoms with Gasteiger partial charge in [-0.1, -0.05) is 0 Å². The van der Waals surface area contributed by atoms with E-state index in [4.69, 9.17) is 27.9 Å². The zero-order valence-electron chi connectivity index (χ0n) is 14.4. The highest BCUT2D eigenvalue weighted by atomic mass is 35.5. The van der Waals surface area contributed by atoms with Gasteiger partial charge in [0, 0.05) is 30.8 Å². The number of nitrogens with one attached hydrogen (secondary N) is 1. The van der Waals surface area contributed by atoms with Crippen LogP contribution < -0.4 is 10.2 Å². The Morgan fingerprint density at radius 2 is 1.61 bits per heavy atom. The highest BCUT2D eigenvalue weighted by Crippen LogP contribution is 2.33. The van der Waals surface area contributed by atoms with Crippen molar-refractivity contribution in [2.45, 2.75) is 57.7 Å². The Balaban J connectivity index is 2.33. The topological polar surface area (TPSA) is 63.2 Å². The molecular weight excluding hydrogens is 337 g/mol. The third kappa shape index (κ3) is 5.14. The zero-order chi connectivity index (χ0) is 17.3. The Morgan fingerprint density at radius 1 is 1.09 bits per heavy atom. The van der Waals surface area contributed by atoms with E-state index in [2.05, 4.69) is 52.9 Å². The van der Waals surface area contributed by atoms with Gasteiger partial charge in [-0.15, -0.1) is 0 Å². The standard InChI is InChI=1S/C15H25Cl2N5O/c1-14(2)8-10(9-15(3,4)21-14)22(6-7-23-5)13-19-11(16)18-12(17)20-13/h10,21H,6-9H2,1-5H3. The molecule has 0 atom stereocenters. The first-order valence-electron chi connectivity index (χ1n) is 7.74. The molecule has 1 aromatic heterocycles. The van der Waals surface area contributed by atoms with Crippen LogP contribution in [0.15, 0.2) is 0 Å². The van der Waals surface area contributed by atoms with E-state index < -0.39 is 0 Å². The number of piperidine rings is 1. The van der Waals surface area contributed by atoms with E-state index >= 15 is 0 Å². The fourth-order valence-electron chi connectivity index (χ4n) is 3.57. The number of ether oxygens (including phenoxy) is 1. The van der Waals surface area contributed by atoms with Crippen LogP contribution in [0, 0.1) is 0 Å². The summed E-state index contributed by atoms with van der Waals surface area (Å²) in [7, 11) is 1.68. The van der Waals surface area contributed by atoms with Crippen LogP contribution in [-0.2, 0) is 4.74 Å². The summed E-state index contributed by atoms with van der Waals surface area (Å²) in [5.74, 6) is 0.505. The molecule has 23 heavy (non-hydrogen) atoms. The van der Waals surface area contributed by atoms with Crippen molar-refractivity contribution in [1.29, 1.82) is 0 Å². The van der Waals surface area contributed by atoms with Gasteiger partial charge in [0.1, 0.15) is 0 Å². The molecule has 130 valence electrons. The lowest BCUT2D eigenvalue weighted by molar-refractivity contribution is 0.149. The van der Waals surface area contributed by atoms with Crippen molar-refractivity contribution in [3.8, 4) is 0 Å². The molecule has 1 saturated heterocycles. The molecular formula is C15H25Cl2N5O. The summed E-state index contributed by atoms with van der Waals surface area (Å²) in [4.78, 5) is 14.5. The molecule has 0 aliphatic carbocycles. The van der Waals surface area contributed by atoms with Crippen LogP contribution in [0.5, 0.6) is 0 Å². The molecule has 2 heterocycles. The maximum absolute atomic E-state index is 5.96. The van der Waals surface area contributed by atoms with E-state index in [-0.39, 0.29) is 27.7 Å². The monoisotopic (exact) mass is 361 g/mol. The number of rotatable bonds is 5. The van der Waals surface area contributed by atoms with Crippen molar-refractivity contribution in [2.24, 2.45) is 0 Å². The minimum absolute atomic E-state index is 0.0123.